The van der Waals surface area contributed by atoms with Gasteiger partial charge in [-0.3, -0.25) is 4.79 Å². The Morgan fingerprint density at radius 1 is 1.19 bits per heavy atom. The van der Waals surface area contributed by atoms with Crippen LogP contribution in [0, 0.1) is 0 Å². The van der Waals surface area contributed by atoms with Crippen molar-refractivity contribution >= 4 is 35.1 Å². The van der Waals surface area contributed by atoms with Crippen LogP contribution in [0.2, 0.25) is 10.2 Å². The molecule has 1 amide bonds. The zero-order chi connectivity index (χ0) is 15.4. The second-order valence-electron chi connectivity index (χ2n) is 4.14. The maximum Gasteiger partial charge on any atom is 0.330 e. The van der Waals surface area contributed by atoms with E-state index in [0.29, 0.717) is 5.56 Å². The molecule has 108 valence electrons. The average Bonchev–Trinajstić information content (AvgIpc) is 2.47. The third-order valence-electron chi connectivity index (χ3n) is 2.72. The summed E-state index contributed by atoms with van der Waals surface area (Å²) in [5.74, 6) is -1.81. The van der Waals surface area contributed by atoms with Crippen molar-refractivity contribution in [3.8, 4) is 0 Å². The highest BCUT2D eigenvalue weighted by atomic mass is 35.5. The first kappa shape index (κ1) is 15.3. The molecule has 0 bridgehead atoms. The van der Waals surface area contributed by atoms with Gasteiger partial charge in [-0.05, 0) is 11.6 Å². The number of amides is 1. The van der Waals surface area contributed by atoms with Crippen molar-refractivity contribution in [3.05, 3.63) is 63.9 Å². The molecule has 1 atom stereocenters. The summed E-state index contributed by atoms with van der Waals surface area (Å²) >= 11 is 11.6. The van der Waals surface area contributed by atoms with Crippen molar-refractivity contribution < 1.29 is 14.7 Å². The van der Waals surface area contributed by atoms with Crippen LogP contribution in [0.3, 0.4) is 0 Å². The first-order valence-electron chi connectivity index (χ1n) is 5.88. The Bertz CT molecular complexity index is 677. The van der Waals surface area contributed by atoms with Crippen LogP contribution in [-0.2, 0) is 4.79 Å². The summed E-state index contributed by atoms with van der Waals surface area (Å²) in [5.41, 5.74) is 0.522. The molecular formula is C14H10Cl2N2O3. The smallest absolute Gasteiger partial charge is 0.330 e. The first-order chi connectivity index (χ1) is 9.99. The number of carboxylic acid groups (broad SMARTS) is 1. The molecule has 1 aromatic heterocycles. The molecule has 0 aliphatic rings. The molecule has 2 rings (SSSR count). The van der Waals surface area contributed by atoms with Crippen molar-refractivity contribution in [2.75, 3.05) is 0 Å². The fourth-order valence-corrected chi connectivity index (χ4v) is 2.08. The molecule has 2 aromatic rings. The van der Waals surface area contributed by atoms with Gasteiger partial charge in [0.05, 0.1) is 10.6 Å². The maximum absolute atomic E-state index is 12.2. The zero-order valence-corrected chi connectivity index (χ0v) is 12.1. The van der Waals surface area contributed by atoms with E-state index in [4.69, 9.17) is 23.2 Å². The Labute approximate surface area is 130 Å². The van der Waals surface area contributed by atoms with E-state index in [1.807, 2.05) is 0 Å². The predicted octanol–water partition coefficient (Wildman–Crippen LogP) is 2.94. The quantitative estimate of drug-likeness (QED) is 0.847. The van der Waals surface area contributed by atoms with Crippen LogP contribution >= 0.6 is 23.2 Å². The number of aromatic nitrogens is 1. The van der Waals surface area contributed by atoms with Gasteiger partial charge in [0.15, 0.2) is 6.04 Å². The number of carboxylic acids is 1. The number of nitrogens with zero attached hydrogens (tertiary/aromatic N) is 1. The largest absolute Gasteiger partial charge is 0.479 e. The van der Waals surface area contributed by atoms with Crippen LogP contribution in [0.5, 0.6) is 0 Å². The van der Waals surface area contributed by atoms with Crippen molar-refractivity contribution in [2.45, 2.75) is 6.04 Å². The number of hydrogen-bond donors (Lipinski definition) is 2. The van der Waals surface area contributed by atoms with E-state index in [1.165, 1.54) is 12.3 Å². The van der Waals surface area contributed by atoms with E-state index in [1.54, 1.807) is 30.3 Å². The third-order valence-corrected chi connectivity index (χ3v) is 3.23. The fraction of sp³-hybridized carbons (Fsp3) is 0.0714. The molecule has 0 radical (unpaired) electrons. The molecule has 0 aliphatic carbocycles. The van der Waals surface area contributed by atoms with E-state index < -0.39 is 17.9 Å². The number of pyridine rings is 1. The van der Waals surface area contributed by atoms with E-state index in [0.717, 1.165) is 0 Å². The Morgan fingerprint density at radius 3 is 2.48 bits per heavy atom. The Morgan fingerprint density at radius 2 is 1.86 bits per heavy atom. The number of halogens is 2. The van der Waals surface area contributed by atoms with Crippen LogP contribution in [-0.4, -0.2) is 22.0 Å². The summed E-state index contributed by atoms with van der Waals surface area (Å²) in [4.78, 5) is 27.2. The maximum atomic E-state index is 12.2. The molecule has 7 heteroatoms. The molecule has 1 heterocycles. The topological polar surface area (TPSA) is 79.3 Å². The van der Waals surface area contributed by atoms with Gasteiger partial charge >= 0.3 is 5.97 Å². The van der Waals surface area contributed by atoms with Crippen LogP contribution in [0.1, 0.15) is 22.0 Å². The lowest BCUT2D eigenvalue weighted by atomic mass is 10.1. The van der Waals surface area contributed by atoms with Gasteiger partial charge in [0.1, 0.15) is 5.15 Å². The second kappa shape index (κ2) is 6.56. The molecule has 1 unspecified atom stereocenters. The van der Waals surface area contributed by atoms with Gasteiger partial charge in [0.2, 0.25) is 0 Å². The minimum absolute atomic E-state index is 0.0684. The van der Waals surface area contributed by atoms with Gasteiger partial charge in [-0.15, -0.1) is 0 Å². The van der Waals surface area contributed by atoms with Crippen molar-refractivity contribution in [1.82, 2.24) is 10.3 Å². The van der Waals surface area contributed by atoms with Crippen LogP contribution < -0.4 is 5.32 Å². The van der Waals surface area contributed by atoms with Gasteiger partial charge in [-0.25, -0.2) is 9.78 Å². The molecule has 0 saturated heterocycles. The Kier molecular flexibility index (Phi) is 4.77. The summed E-state index contributed by atoms with van der Waals surface area (Å²) in [5, 5.41) is 11.9. The second-order valence-corrected chi connectivity index (χ2v) is 4.94. The van der Waals surface area contributed by atoms with E-state index in [9.17, 15) is 14.7 Å². The average molecular weight is 325 g/mol. The summed E-state index contributed by atoms with van der Waals surface area (Å²) in [6.45, 7) is 0. The molecule has 0 spiro atoms. The SMILES string of the molecule is O=C(NC(C(=O)O)c1ccccc1)c1cc(Cl)ncc1Cl. The Balaban J connectivity index is 2.27. The normalized spacial score (nSPS) is 11.7. The molecule has 5 nitrogen and oxygen atoms in total. The molecule has 1 aromatic carbocycles. The fourth-order valence-electron chi connectivity index (χ4n) is 1.73. The van der Waals surface area contributed by atoms with Gasteiger partial charge in [0.25, 0.3) is 5.91 Å². The summed E-state index contributed by atoms with van der Waals surface area (Å²) < 4.78 is 0. The lowest BCUT2D eigenvalue weighted by Crippen LogP contribution is -2.33. The number of nitrogens with one attached hydrogen (secondary N) is 1. The molecular weight excluding hydrogens is 315 g/mol. The highest BCUT2D eigenvalue weighted by Gasteiger charge is 2.23. The monoisotopic (exact) mass is 324 g/mol. The summed E-state index contributed by atoms with van der Waals surface area (Å²) in [6.07, 6.45) is 1.23. The summed E-state index contributed by atoms with van der Waals surface area (Å²) in [7, 11) is 0. The van der Waals surface area contributed by atoms with Crippen LogP contribution in [0.15, 0.2) is 42.6 Å². The first-order valence-corrected chi connectivity index (χ1v) is 6.64. The highest BCUT2D eigenvalue weighted by molar-refractivity contribution is 6.35. The standard InChI is InChI=1S/C14H10Cl2N2O3/c15-10-7-17-11(16)6-9(10)13(19)18-12(14(20)21)8-4-2-1-3-5-8/h1-7,12H,(H,18,19)(H,20,21). The number of rotatable bonds is 4. The molecule has 2 N–H and O–H groups in total. The number of carbonyl (C=O) groups is 2. The lowest BCUT2D eigenvalue weighted by molar-refractivity contribution is -0.139. The Hall–Kier alpha value is -2.11. The van der Waals surface area contributed by atoms with Gasteiger partial charge in [-0.2, -0.15) is 0 Å². The van der Waals surface area contributed by atoms with Gasteiger partial charge in [0, 0.05) is 6.20 Å². The minimum atomic E-state index is -1.18. The van der Waals surface area contributed by atoms with Crippen LogP contribution in [0.25, 0.3) is 0 Å². The zero-order valence-electron chi connectivity index (χ0n) is 10.6. The summed E-state index contributed by atoms with van der Waals surface area (Å²) in [6, 6.07) is 8.45. The number of carbonyl (C=O) groups excluding carboxylic acids is 1. The minimum Gasteiger partial charge on any atom is -0.479 e. The van der Waals surface area contributed by atoms with Crippen molar-refractivity contribution in [2.24, 2.45) is 0 Å². The van der Waals surface area contributed by atoms with E-state index in [2.05, 4.69) is 10.3 Å². The number of hydrogen-bond acceptors (Lipinski definition) is 3. The van der Waals surface area contributed by atoms with Gasteiger partial charge < -0.3 is 10.4 Å². The number of aliphatic carboxylic acids is 1. The highest BCUT2D eigenvalue weighted by Crippen LogP contribution is 2.20. The van der Waals surface area contributed by atoms with Crippen molar-refractivity contribution in [3.63, 3.8) is 0 Å². The molecule has 0 aliphatic heterocycles. The van der Waals surface area contributed by atoms with E-state index in [-0.39, 0.29) is 15.7 Å². The van der Waals surface area contributed by atoms with Gasteiger partial charge in [-0.1, -0.05) is 53.5 Å². The number of benzene rings is 1. The van der Waals surface area contributed by atoms with E-state index >= 15 is 0 Å². The predicted molar refractivity (Wildman–Crippen MR) is 78.5 cm³/mol. The lowest BCUT2D eigenvalue weighted by Gasteiger charge is -2.15. The molecule has 21 heavy (non-hydrogen) atoms. The molecule has 0 saturated carbocycles. The molecule has 0 fully saturated rings. The van der Waals surface area contributed by atoms with Crippen LogP contribution in [0.4, 0.5) is 0 Å². The third kappa shape index (κ3) is 3.71. The van der Waals surface area contributed by atoms with Crippen molar-refractivity contribution in [1.29, 1.82) is 0 Å².